The van der Waals surface area contributed by atoms with Crippen LogP contribution >= 0.6 is 0 Å². The quantitative estimate of drug-likeness (QED) is 0.157. The van der Waals surface area contributed by atoms with E-state index >= 15 is 0 Å². The van der Waals surface area contributed by atoms with Gasteiger partial charge in [0.2, 0.25) is 0 Å². The van der Waals surface area contributed by atoms with Gasteiger partial charge in [-0.05, 0) is 61.4 Å². The summed E-state index contributed by atoms with van der Waals surface area (Å²) in [5.74, 6) is 1.71. The molecular formula is C27H38O4. The van der Waals surface area contributed by atoms with Crippen molar-refractivity contribution in [2.24, 2.45) is 0 Å². The Labute approximate surface area is 187 Å². The fraction of sp³-hybridized carbons (Fsp3) is 0.519. The van der Waals surface area contributed by atoms with E-state index in [-0.39, 0.29) is 5.97 Å². The average Bonchev–Trinajstić information content (AvgIpc) is 2.80. The highest BCUT2D eigenvalue weighted by atomic mass is 16.5. The van der Waals surface area contributed by atoms with Gasteiger partial charge in [0, 0.05) is 0 Å². The molecule has 0 saturated carbocycles. The molecule has 0 aromatic heterocycles. The minimum absolute atomic E-state index is 0.379. The Morgan fingerprint density at radius 2 is 1.00 bits per heavy atom. The molecule has 0 aliphatic rings. The minimum atomic E-state index is -0.379. The zero-order valence-corrected chi connectivity index (χ0v) is 19.2. The van der Waals surface area contributed by atoms with Crippen LogP contribution < -0.4 is 14.2 Å². The second kappa shape index (κ2) is 15.3. The van der Waals surface area contributed by atoms with Gasteiger partial charge in [0.25, 0.3) is 0 Å². The van der Waals surface area contributed by atoms with Crippen LogP contribution in [0, 0.1) is 0 Å². The standard InChI is InChI=1S/C27H38O4/c1-3-5-7-9-11-21-29-24-15-13-23(14-16-24)27(28)31-26-19-17-25(18-20-26)30-22-12-10-8-6-4-2/h13-20H,3-12,21-22H2,1-2H3. The number of carbonyl (C=O) groups excluding carboxylic acids is 1. The van der Waals surface area contributed by atoms with Crippen molar-refractivity contribution in [3.05, 3.63) is 54.1 Å². The van der Waals surface area contributed by atoms with E-state index in [4.69, 9.17) is 14.2 Å². The molecule has 2 aromatic carbocycles. The van der Waals surface area contributed by atoms with Crippen LogP contribution in [-0.4, -0.2) is 19.2 Å². The fourth-order valence-electron chi connectivity index (χ4n) is 3.25. The van der Waals surface area contributed by atoms with Gasteiger partial charge in [-0.1, -0.05) is 65.2 Å². The van der Waals surface area contributed by atoms with E-state index in [9.17, 15) is 4.79 Å². The third-order valence-corrected chi connectivity index (χ3v) is 5.16. The molecule has 0 N–H and O–H groups in total. The molecular weight excluding hydrogens is 388 g/mol. The zero-order chi connectivity index (χ0) is 22.2. The fourth-order valence-corrected chi connectivity index (χ4v) is 3.25. The summed E-state index contributed by atoms with van der Waals surface area (Å²) in [4.78, 5) is 12.4. The minimum Gasteiger partial charge on any atom is -0.494 e. The highest BCUT2D eigenvalue weighted by molar-refractivity contribution is 5.91. The molecule has 2 aromatic rings. The van der Waals surface area contributed by atoms with Gasteiger partial charge in [-0.15, -0.1) is 0 Å². The van der Waals surface area contributed by atoms with E-state index in [1.54, 1.807) is 24.3 Å². The van der Waals surface area contributed by atoms with Crippen LogP contribution in [0.3, 0.4) is 0 Å². The van der Waals surface area contributed by atoms with Crippen molar-refractivity contribution < 1.29 is 19.0 Å². The second-order valence-corrected chi connectivity index (χ2v) is 7.91. The predicted octanol–water partition coefficient (Wildman–Crippen LogP) is 7.60. The smallest absolute Gasteiger partial charge is 0.343 e. The summed E-state index contributed by atoms with van der Waals surface area (Å²) in [6, 6.07) is 14.3. The molecule has 0 heterocycles. The van der Waals surface area contributed by atoms with Crippen LogP contribution in [0.1, 0.15) is 88.4 Å². The molecule has 0 saturated heterocycles. The van der Waals surface area contributed by atoms with Gasteiger partial charge in [-0.3, -0.25) is 0 Å². The lowest BCUT2D eigenvalue weighted by atomic mass is 10.2. The Morgan fingerprint density at radius 3 is 1.48 bits per heavy atom. The van der Waals surface area contributed by atoms with Crippen molar-refractivity contribution in [2.75, 3.05) is 13.2 Å². The molecule has 0 atom stereocenters. The normalized spacial score (nSPS) is 10.6. The summed E-state index contributed by atoms with van der Waals surface area (Å²) >= 11 is 0. The first-order chi connectivity index (χ1) is 15.2. The molecule has 0 amide bonds. The van der Waals surface area contributed by atoms with Crippen LogP contribution in [0.4, 0.5) is 0 Å². The maximum Gasteiger partial charge on any atom is 0.343 e. The van der Waals surface area contributed by atoms with Gasteiger partial charge in [0.05, 0.1) is 18.8 Å². The van der Waals surface area contributed by atoms with E-state index in [1.165, 1.54) is 51.4 Å². The van der Waals surface area contributed by atoms with Crippen LogP contribution in [0.5, 0.6) is 17.2 Å². The number of benzene rings is 2. The van der Waals surface area contributed by atoms with Crippen molar-refractivity contribution in [2.45, 2.75) is 78.1 Å². The molecule has 4 heteroatoms. The van der Waals surface area contributed by atoms with E-state index in [1.807, 2.05) is 24.3 Å². The van der Waals surface area contributed by atoms with Crippen LogP contribution in [0.25, 0.3) is 0 Å². The number of carbonyl (C=O) groups is 1. The number of rotatable bonds is 16. The first-order valence-electron chi connectivity index (χ1n) is 11.9. The van der Waals surface area contributed by atoms with E-state index in [0.717, 1.165) is 30.9 Å². The van der Waals surface area contributed by atoms with Crippen LogP contribution in [0.15, 0.2) is 48.5 Å². The molecule has 0 fully saturated rings. The Balaban J connectivity index is 1.69. The Hall–Kier alpha value is -2.49. The SMILES string of the molecule is CCCCCCCOc1ccc(OC(=O)c2ccc(OCCCCCCC)cc2)cc1. The summed E-state index contributed by atoms with van der Waals surface area (Å²) < 4.78 is 17.0. The van der Waals surface area contributed by atoms with Gasteiger partial charge < -0.3 is 14.2 Å². The van der Waals surface area contributed by atoms with Gasteiger partial charge >= 0.3 is 5.97 Å². The van der Waals surface area contributed by atoms with E-state index in [0.29, 0.717) is 17.9 Å². The van der Waals surface area contributed by atoms with Crippen LogP contribution in [0.2, 0.25) is 0 Å². The predicted molar refractivity (Wildman–Crippen MR) is 126 cm³/mol. The summed E-state index contributed by atoms with van der Waals surface area (Å²) in [5, 5.41) is 0. The Kier molecular flexibility index (Phi) is 12.3. The monoisotopic (exact) mass is 426 g/mol. The zero-order valence-electron chi connectivity index (χ0n) is 19.2. The van der Waals surface area contributed by atoms with Crippen molar-refractivity contribution >= 4 is 5.97 Å². The van der Waals surface area contributed by atoms with Crippen molar-refractivity contribution in [1.82, 2.24) is 0 Å². The molecule has 0 spiro atoms. The first-order valence-corrected chi connectivity index (χ1v) is 11.9. The largest absolute Gasteiger partial charge is 0.494 e. The van der Waals surface area contributed by atoms with Gasteiger partial charge in [0.1, 0.15) is 17.2 Å². The van der Waals surface area contributed by atoms with Crippen molar-refractivity contribution in [3.8, 4) is 17.2 Å². The molecule has 0 radical (unpaired) electrons. The van der Waals surface area contributed by atoms with E-state index in [2.05, 4.69) is 13.8 Å². The van der Waals surface area contributed by atoms with Gasteiger partial charge in [-0.25, -0.2) is 4.79 Å². The highest BCUT2D eigenvalue weighted by Gasteiger charge is 2.09. The molecule has 4 nitrogen and oxygen atoms in total. The Bertz CT molecular complexity index is 722. The number of hydrogen-bond donors (Lipinski definition) is 0. The number of esters is 1. The third-order valence-electron chi connectivity index (χ3n) is 5.16. The molecule has 31 heavy (non-hydrogen) atoms. The second-order valence-electron chi connectivity index (χ2n) is 7.91. The molecule has 170 valence electrons. The summed E-state index contributed by atoms with van der Waals surface area (Å²) in [7, 11) is 0. The third kappa shape index (κ3) is 10.4. The lowest BCUT2D eigenvalue weighted by Gasteiger charge is -2.09. The topological polar surface area (TPSA) is 44.8 Å². The maximum absolute atomic E-state index is 12.4. The lowest BCUT2D eigenvalue weighted by molar-refractivity contribution is 0.0734. The number of unbranched alkanes of at least 4 members (excludes halogenated alkanes) is 8. The first kappa shape index (κ1) is 24.8. The van der Waals surface area contributed by atoms with Crippen molar-refractivity contribution in [3.63, 3.8) is 0 Å². The van der Waals surface area contributed by atoms with E-state index < -0.39 is 0 Å². The van der Waals surface area contributed by atoms with Gasteiger partial charge in [0.15, 0.2) is 0 Å². The molecule has 0 unspecified atom stereocenters. The van der Waals surface area contributed by atoms with Gasteiger partial charge in [-0.2, -0.15) is 0 Å². The molecule has 2 rings (SSSR count). The maximum atomic E-state index is 12.4. The van der Waals surface area contributed by atoms with Crippen LogP contribution in [-0.2, 0) is 0 Å². The van der Waals surface area contributed by atoms with Crippen molar-refractivity contribution in [1.29, 1.82) is 0 Å². The molecule has 0 bridgehead atoms. The Morgan fingerprint density at radius 1 is 0.581 bits per heavy atom. The summed E-state index contributed by atoms with van der Waals surface area (Å²) in [6.07, 6.45) is 12.1. The highest BCUT2D eigenvalue weighted by Crippen LogP contribution is 2.20. The summed E-state index contributed by atoms with van der Waals surface area (Å²) in [5.41, 5.74) is 0.503. The number of hydrogen-bond acceptors (Lipinski definition) is 4. The lowest BCUT2D eigenvalue weighted by Crippen LogP contribution is -2.08. The average molecular weight is 427 g/mol. The number of ether oxygens (including phenoxy) is 3. The molecule has 0 aliphatic carbocycles. The summed E-state index contributed by atoms with van der Waals surface area (Å²) in [6.45, 7) is 5.85. The molecule has 0 aliphatic heterocycles.